The van der Waals surface area contributed by atoms with Gasteiger partial charge in [0.1, 0.15) is 0 Å². The minimum Gasteiger partial charge on any atom is -0.469 e. The van der Waals surface area contributed by atoms with E-state index in [1.165, 1.54) is 7.11 Å². The van der Waals surface area contributed by atoms with Crippen molar-refractivity contribution in [3.63, 3.8) is 0 Å². The molecule has 3 heteroatoms. The number of ether oxygens (including phenoxy) is 1. The summed E-state index contributed by atoms with van der Waals surface area (Å²) in [6.07, 6.45) is 0. The average molecular weight is 229 g/mol. The Kier molecular flexibility index (Phi) is 3.09. The van der Waals surface area contributed by atoms with E-state index in [1.54, 1.807) is 0 Å². The predicted octanol–water partition coefficient (Wildman–Crippen LogP) is 2.82. The zero-order chi connectivity index (χ0) is 12.4. The number of aryl methyl sites for hydroxylation is 1. The molecule has 0 bridgehead atoms. The molecule has 0 spiro atoms. The molecule has 0 aliphatic rings. The number of esters is 1. The van der Waals surface area contributed by atoms with Gasteiger partial charge in [-0.1, -0.05) is 24.3 Å². The van der Waals surface area contributed by atoms with Gasteiger partial charge in [-0.05, 0) is 25.5 Å². The van der Waals surface area contributed by atoms with E-state index in [4.69, 9.17) is 4.74 Å². The first kappa shape index (κ1) is 11.6. The minimum atomic E-state index is -0.294. The molecule has 1 aromatic heterocycles. The van der Waals surface area contributed by atoms with Gasteiger partial charge in [-0.2, -0.15) is 0 Å². The van der Waals surface area contributed by atoms with Gasteiger partial charge in [-0.15, -0.1) is 0 Å². The molecule has 1 aromatic carbocycles. The van der Waals surface area contributed by atoms with Crippen LogP contribution in [0.1, 0.15) is 24.1 Å². The molecule has 0 fully saturated rings. The molecule has 0 radical (unpaired) electrons. The Morgan fingerprint density at radius 3 is 2.76 bits per heavy atom. The molecule has 1 heterocycles. The largest absolute Gasteiger partial charge is 0.469 e. The Morgan fingerprint density at radius 1 is 1.29 bits per heavy atom. The van der Waals surface area contributed by atoms with Crippen LogP contribution in [0.5, 0.6) is 0 Å². The van der Waals surface area contributed by atoms with Gasteiger partial charge in [-0.3, -0.25) is 9.78 Å². The molecule has 0 saturated heterocycles. The van der Waals surface area contributed by atoms with Gasteiger partial charge < -0.3 is 4.74 Å². The molecular weight excluding hydrogens is 214 g/mol. The number of pyridine rings is 1. The second-order valence-corrected chi connectivity index (χ2v) is 4.12. The highest BCUT2D eigenvalue weighted by atomic mass is 16.5. The molecule has 0 aliphatic heterocycles. The lowest BCUT2D eigenvalue weighted by Crippen LogP contribution is -2.11. The second-order valence-electron chi connectivity index (χ2n) is 4.12. The van der Waals surface area contributed by atoms with Gasteiger partial charge >= 0.3 is 5.97 Å². The number of methoxy groups -OCH3 is 1. The molecule has 0 saturated carbocycles. The lowest BCUT2D eigenvalue weighted by molar-refractivity contribution is -0.141. The molecule has 0 amide bonds. The Hall–Kier alpha value is -1.90. The second kappa shape index (κ2) is 4.53. The van der Waals surface area contributed by atoms with Crippen LogP contribution in [0, 0.1) is 6.92 Å². The highest BCUT2D eigenvalue weighted by Gasteiger charge is 2.18. The molecular formula is C14H15NO2. The maximum absolute atomic E-state index is 11.6. The SMILES string of the molecule is COC(=O)C(C)c1cccc2ccc(C)nc12. The molecule has 0 aliphatic carbocycles. The molecule has 3 nitrogen and oxygen atoms in total. The quantitative estimate of drug-likeness (QED) is 0.743. The van der Waals surface area contributed by atoms with Crippen LogP contribution in [-0.2, 0) is 9.53 Å². The van der Waals surface area contributed by atoms with E-state index >= 15 is 0 Å². The third-order valence-corrected chi connectivity index (χ3v) is 2.91. The van der Waals surface area contributed by atoms with E-state index < -0.39 is 0 Å². The number of para-hydroxylation sites is 1. The van der Waals surface area contributed by atoms with E-state index in [0.717, 1.165) is 22.2 Å². The van der Waals surface area contributed by atoms with Crippen molar-refractivity contribution in [1.82, 2.24) is 4.98 Å². The first-order valence-corrected chi connectivity index (χ1v) is 5.57. The summed E-state index contributed by atoms with van der Waals surface area (Å²) < 4.78 is 4.78. The summed E-state index contributed by atoms with van der Waals surface area (Å²) in [5.41, 5.74) is 2.74. The first-order valence-electron chi connectivity index (χ1n) is 5.57. The lowest BCUT2D eigenvalue weighted by atomic mass is 9.98. The molecule has 1 unspecified atom stereocenters. The Bertz CT molecular complexity index is 563. The Labute approximate surface area is 100 Å². The Balaban J connectivity index is 2.60. The third kappa shape index (κ3) is 2.13. The van der Waals surface area contributed by atoms with Crippen LogP contribution in [0.2, 0.25) is 0 Å². The molecule has 17 heavy (non-hydrogen) atoms. The van der Waals surface area contributed by atoms with Crippen molar-refractivity contribution in [3.8, 4) is 0 Å². The van der Waals surface area contributed by atoms with Crippen LogP contribution in [0.4, 0.5) is 0 Å². The average Bonchev–Trinajstić information content (AvgIpc) is 2.36. The monoisotopic (exact) mass is 229 g/mol. The number of nitrogens with zero attached hydrogens (tertiary/aromatic N) is 1. The number of carbonyl (C=O) groups excluding carboxylic acids is 1. The van der Waals surface area contributed by atoms with Crippen molar-refractivity contribution in [2.24, 2.45) is 0 Å². The van der Waals surface area contributed by atoms with Crippen molar-refractivity contribution in [1.29, 1.82) is 0 Å². The smallest absolute Gasteiger partial charge is 0.312 e. The van der Waals surface area contributed by atoms with Gasteiger partial charge in [0, 0.05) is 11.1 Å². The number of rotatable bonds is 2. The molecule has 2 aromatic rings. The van der Waals surface area contributed by atoms with Crippen molar-refractivity contribution in [2.75, 3.05) is 7.11 Å². The van der Waals surface area contributed by atoms with Gasteiger partial charge in [0.05, 0.1) is 18.5 Å². The number of aromatic nitrogens is 1. The van der Waals surface area contributed by atoms with E-state index in [2.05, 4.69) is 4.98 Å². The minimum absolute atomic E-state index is 0.235. The molecule has 2 rings (SSSR count). The maximum Gasteiger partial charge on any atom is 0.312 e. The van der Waals surface area contributed by atoms with Crippen LogP contribution in [0.25, 0.3) is 10.9 Å². The van der Waals surface area contributed by atoms with Gasteiger partial charge in [0.15, 0.2) is 0 Å². The topological polar surface area (TPSA) is 39.2 Å². The van der Waals surface area contributed by atoms with Gasteiger partial charge in [0.2, 0.25) is 0 Å². The number of hydrogen-bond acceptors (Lipinski definition) is 3. The fourth-order valence-electron chi connectivity index (χ4n) is 1.92. The first-order chi connectivity index (χ1) is 8.13. The zero-order valence-corrected chi connectivity index (χ0v) is 10.2. The number of fused-ring (bicyclic) bond motifs is 1. The normalized spacial score (nSPS) is 12.4. The highest BCUT2D eigenvalue weighted by Crippen LogP contribution is 2.25. The summed E-state index contributed by atoms with van der Waals surface area (Å²) in [5, 5.41) is 1.05. The maximum atomic E-state index is 11.6. The Morgan fingerprint density at radius 2 is 2.06 bits per heavy atom. The summed E-state index contributed by atoms with van der Waals surface area (Å²) >= 11 is 0. The molecule has 88 valence electrons. The molecule has 1 atom stereocenters. The standard InChI is InChI=1S/C14H15NO2/c1-9-7-8-11-5-4-6-12(13(11)15-9)10(2)14(16)17-3/h4-8,10H,1-3H3. The van der Waals surface area contributed by atoms with Gasteiger partial charge in [-0.25, -0.2) is 0 Å². The van der Waals surface area contributed by atoms with Crippen LogP contribution in [0.3, 0.4) is 0 Å². The number of benzene rings is 1. The van der Waals surface area contributed by atoms with E-state index in [9.17, 15) is 4.79 Å². The van der Waals surface area contributed by atoms with Gasteiger partial charge in [0.25, 0.3) is 0 Å². The van der Waals surface area contributed by atoms with E-state index in [1.807, 2.05) is 44.2 Å². The van der Waals surface area contributed by atoms with E-state index in [0.29, 0.717) is 0 Å². The van der Waals surface area contributed by atoms with Crippen LogP contribution in [-0.4, -0.2) is 18.1 Å². The summed E-state index contributed by atoms with van der Waals surface area (Å²) in [5.74, 6) is -0.529. The third-order valence-electron chi connectivity index (χ3n) is 2.91. The fraction of sp³-hybridized carbons (Fsp3) is 0.286. The molecule has 0 N–H and O–H groups in total. The highest BCUT2D eigenvalue weighted by molar-refractivity contribution is 5.88. The van der Waals surface area contributed by atoms with Crippen LogP contribution >= 0.6 is 0 Å². The predicted molar refractivity (Wildman–Crippen MR) is 66.9 cm³/mol. The van der Waals surface area contributed by atoms with Crippen molar-refractivity contribution in [3.05, 3.63) is 41.6 Å². The lowest BCUT2D eigenvalue weighted by Gasteiger charge is -2.12. The van der Waals surface area contributed by atoms with Crippen LogP contribution < -0.4 is 0 Å². The van der Waals surface area contributed by atoms with Crippen molar-refractivity contribution in [2.45, 2.75) is 19.8 Å². The summed E-state index contributed by atoms with van der Waals surface area (Å²) in [6.45, 7) is 3.78. The van der Waals surface area contributed by atoms with E-state index in [-0.39, 0.29) is 11.9 Å². The van der Waals surface area contributed by atoms with Crippen molar-refractivity contribution >= 4 is 16.9 Å². The van der Waals surface area contributed by atoms with Crippen molar-refractivity contribution < 1.29 is 9.53 Å². The number of carbonyl (C=O) groups is 1. The number of hydrogen-bond donors (Lipinski definition) is 0. The summed E-state index contributed by atoms with van der Waals surface area (Å²) in [4.78, 5) is 16.1. The van der Waals surface area contributed by atoms with Crippen LogP contribution in [0.15, 0.2) is 30.3 Å². The zero-order valence-electron chi connectivity index (χ0n) is 10.2. The summed E-state index contributed by atoms with van der Waals surface area (Å²) in [6, 6.07) is 9.85. The summed E-state index contributed by atoms with van der Waals surface area (Å²) in [7, 11) is 1.41. The fourth-order valence-corrected chi connectivity index (χ4v) is 1.92.